The molecule has 0 atom stereocenters. The molecular weight excluding hydrogens is 282 g/mol. The van der Waals surface area contributed by atoms with Crippen LogP contribution in [0.15, 0.2) is 70.4 Å². The lowest BCUT2D eigenvalue weighted by Crippen LogP contribution is -2.27. The van der Waals surface area contributed by atoms with Crippen molar-refractivity contribution < 1.29 is 4.79 Å². The van der Waals surface area contributed by atoms with Gasteiger partial charge in [0.2, 0.25) is 0 Å². The van der Waals surface area contributed by atoms with Gasteiger partial charge in [-0.1, -0.05) is 54.1 Å². The highest BCUT2D eigenvalue weighted by molar-refractivity contribution is 6.30. The molecule has 3 heteroatoms. The number of hydrogen-bond donors (Lipinski definition) is 0. The molecule has 0 unspecified atom stereocenters. The van der Waals surface area contributed by atoms with Crippen LogP contribution in [0.25, 0.3) is 0 Å². The molecule has 1 amide bonds. The summed E-state index contributed by atoms with van der Waals surface area (Å²) in [6.45, 7) is 5.24. The van der Waals surface area contributed by atoms with Gasteiger partial charge in [0.25, 0.3) is 5.91 Å². The summed E-state index contributed by atoms with van der Waals surface area (Å²) in [5, 5.41) is 0.770. The summed E-state index contributed by atoms with van der Waals surface area (Å²) in [5.41, 5.74) is 2.98. The summed E-state index contributed by atoms with van der Waals surface area (Å²) < 4.78 is 0. The summed E-state index contributed by atoms with van der Waals surface area (Å²) in [6.07, 6.45) is 16.5. The molecule has 0 aromatic carbocycles. The van der Waals surface area contributed by atoms with Crippen LogP contribution in [-0.2, 0) is 4.79 Å². The van der Waals surface area contributed by atoms with E-state index in [1.165, 1.54) is 0 Å². The summed E-state index contributed by atoms with van der Waals surface area (Å²) >= 11 is 6.02. The standard InChI is InChI=1S/C18H20ClNO/c1-3-5-7-14(6-4-2)12-20-13-15-8-9-16(19)10-11-17(15)18(20)21/h3-9,11H,10,12-13H2,1-2H3/b5-3-,6-4-,14-7+. The average molecular weight is 302 g/mol. The predicted octanol–water partition coefficient (Wildman–Crippen LogP) is 4.29. The van der Waals surface area contributed by atoms with Crippen molar-refractivity contribution in [2.75, 3.05) is 13.1 Å². The van der Waals surface area contributed by atoms with E-state index < -0.39 is 0 Å². The van der Waals surface area contributed by atoms with Gasteiger partial charge in [-0.25, -0.2) is 0 Å². The molecule has 1 saturated heterocycles. The minimum Gasteiger partial charge on any atom is -0.330 e. The number of hydrogen-bond acceptors (Lipinski definition) is 1. The average Bonchev–Trinajstić information content (AvgIpc) is 2.64. The quantitative estimate of drug-likeness (QED) is 0.710. The zero-order chi connectivity index (χ0) is 15.2. The lowest BCUT2D eigenvalue weighted by atomic mass is 10.1. The molecule has 2 nitrogen and oxygen atoms in total. The van der Waals surface area contributed by atoms with Crippen LogP contribution in [0.3, 0.4) is 0 Å². The predicted molar refractivity (Wildman–Crippen MR) is 89.0 cm³/mol. The minimum absolute atomic E-state index is 0.0943. The Morgan fingerprint density at radius 3 is 2.86 bits per heavy atom. The van der Waals surface area contributed by atoms with E-state index in [1.807, 2.05) is 67.4 Å². The third-order valence-corrected chi connectivity index (χ3v) is 3.73. The van der Waals surface area contributed by atoms with Crippen molar-refractivity contribution in [3.05, 3.63) is 70.4 Å². The van der Waals surface area contributed by atoms with Crippen LogP contribution in [-0.4, -0.2) is 23.9 Å². The van der Waals surface area contributed by atoms with Gasteiger partial charge in [0.1, 0.15) is 0 Å². The molecule has 0 radical (unpaired) electrons. The van der Waals surface area contributed by atoms with Crippen molar-refractivity contribution >= 4 is 17.5 Å². The van der Waals surface area contributed by atoms with Crippen molar-refractivity contribution in [3.63, 3.8) is 0 Å². The van der Waals surface area contributed by atoms with Gasteiger partial charge in [-0.15, -0.1) is 0 Å². The van der Waals surface area contributed by atoms with Crippen molar-refractivity contribution in [1.29, 1.82) is 0 Å². The van der Waals surface area contributed by atoms with Gasteiger partial charge >= 0.3 is 0 Å². The molecule has 0 spiro atoms. The number of carbonyl (C=O) groups excluding carboxylic acids is 1. The molecular formula is C18H20ClNO. The maximum absolute atomic E-state index is 12.5. The van der Waals surface area contributed by atoms with Crippen LogP contribution >= 0.6 is 11.6 Å². The Morgan fingerprint density at radius 2 is 2.14 bits per heavy atom. The van der Waals surface area contributed by atoms with Gasteiger partial charge in [-0.2, -0.15) is 0 Å². The Labute approximate surface area is 131 Å². The lowest BCUT2D eigenvalue weighted by Gasteiger charge is -2.15. The molecule has 0 N–H and O–H groups in total. The molecule has 1 aliphatic heterocycles. The lowest BCUT2D eigenvalue weighted by molar-refractivity contribution is -0.124. The van der Waals surface area contributed by atoms with Crippen LogP contribution in [0.4, 0.5) is 0 Å². The molecule has 1 aliphatic carbocycles. The Hall–Kier alpha value is -1.80. The smallest absolute Gasteiger partial charge is 0.254 e. The van der Waals surface area contributed by atoms with Crippen LogP contribution < -0.4 is 0 Å². The Bertz CT molecular complexity index is 603. The van der Waals surface area contributed by atoms with Gasteiger partial charge < -0.3 is 4.90 Å². The van der Waals surface area contributed by atoms with E-state index in [-0.39, 0.29) is 5.91 Å². The third kappa shape index (κ3) is 3.85. The van der Waals surface area contributed by atoms with Gasteiger partial charge in [-0.05, 0) is 31.1 Å². The number of nitrogens with zero attached hydrogens (tertiary/aromatic N) is 1. The summed E-state index contributed by atoms with van der Waals surface area (Å²) in [7, 11) is 0. The number of fused-ring (bicyclic) bond motifs is 1. The number of halogens is 1. The summed E-state index contributed by atoms with van der Waals surface area (Å²) in [4.78, 5) is 14.4. The highest BCUT2D eigenvalue weighted by Gasteiger charge is 2.30. The fraction of sp³-hybridized carbons (Fsp3) is 0.278. The molecule has 110 valence electrons. The van der Waals surface area contributed by atoms with Gasteiger partial charge in [0.15, 0.2) is 0 Å². The SMILES string of the molecule is C\C=C/C=C(\C=C/C)CN1CC2=CC=C(Cl)CC=C2C1=O. The topological polar surface area (TPSA) is 20.3 Å². The fourth-order valence-corrected chi connectivity index (χ4v) is 2.57. The maximum atomic E-state index is 12.5. The summed E-state index contributed by atoms with van der Waals surface area (Å²) in [5.74, 6) is 0.0943. The van der Waals surface area contributed by atoms with Gasteiger partial charge in [0, 0.05) is 30.1 Å². The molecule has 1 heterocycles. The highest BCUT2D eigenvalue weighted by Crippen LogP contribution is 2.28. The molecule has 0 aromatic rings. The van der Waals surface area contributed by atoms with Gasteiger partial charge in [-0.3, -0.25) is 4.79 Å². The Balaban J connectivity index is 2.18. The Kier molecular flexibility index (Phi) is 5.40. The van der Waals surface area contributed by atoms with Crippen molar-refractivity contribution in [3.8, 4) is 0 Å². The molecule has 0 aromatic heterocycles. The van der Waals surface area contributed by atoms with Crippen LogP contribution in [0.5, 0.6) is 0 Å². The number of carbonyl (C=O) groups is 1. The van der Waals surface area contributed by atoms with E-state index in [0.29, 0.717) is 19.5 Å². The molecule has 0 saturated carbocycles. The first-order chi connectivity index (χ1) is 10.2. The minimum atomic E-state index is 0.0943. The van der Waals surface area contributed by atoms with Crippen molar-refractivity contribution in [2.45, 2.75) is 20.3 Å². The molecule has 2 aliphatic rings. The second kappa shape index (κ2) is 7.28. The third-order valence-electron chi connectivity index (χ3n) is 3.45. The molecule has 2 rings (SSSR count). The largest absolute Gasteiger partial charge is 0.330 e. The van der Waals surface area contributed by atoms with E-state index >= 15 is 0 Å². The maximum Gasteiger partial charge on any atom is 0.254 e. The number of rotatable bonds is 4. The zero-order valence-electron chi connectivity index (χ0n) is 12.5. The van der Waals surface area contributed by atoms with Crippen molar-refractivity contribution in [1.82, 2.24) is 4.90 Å². The number of amides is 1. The summed E-state index contributed by atoms with van der Waals surface area (Å²) in [6, 6.07) is 0. The number of allylic oxidation sites excluding steroid dienone is 8. The second-order valence-corrected chi connectivity index (χ2v) is 5.54. The fourth-order valence-electron chi connectivity index (χ4n) is 2.43. The van der Waals surface area contributed by atoms with E-state index in [4.69, 9.17) is 11.6 Å². The van der Waals surface area contributed by atoms with E-state index in [2.05, 4.69) is 0 Å². The van der Waals surface area contributed by atoms with E-state index in [0.717, 1.165) is 21.8 Å². The normalized spacial score (nSPS) is 19.8. The first-order valence-corrected chi connectivity index (χ1v) is 7.53. The van der Waals surface area contributed by atoms with Crippen LogP contribution in [0.2, 0.25) is 0 Å². The zero-order valence-corrected chi connectivity index (χ0v) is 13.2. The molecule has 21 heavy (non-hydrogen) atoms. The first kappa shape index (κ1) is 15.6. The monoisotopic (exact) mass is 301 g/mol. The van der Waals surface area contributed by atoms with Gasteiger partial charge in [0.05, 0.1) is 0 Å². The highest BCUT2D eigenvalue weighted by atomic mass is 35.5. The second-order valence-electron chi connectivity index (χ2n) is 5.06. The van der Waals surface area contributed by atoms with Crippen molar-refractivity contribution in [2.24, 2.45) is 0 Å². The first-order valence-electron chi connectivity index (χ1n) is 7.15. The van der Waals surface area contributed by atoms with Crippen LogP contribution in [0, 0.1) is 0 Å². The van der Waals surface area contributed by atoms with E-state index in [1.54, 1.807) is 0 Å². The van der Waals surface area contributed by atoms with Crippen LogP contribution in [0.1, 0.15) is 20.3 Å². The molecule has 0 bridgehead atoms. The number of likely N-dealkylation sites (tertiary alicyclic amines) is 1. The van der Waals surface area contributed by atoms with E-state index in [9.17, 15) is 4.79 Å². The molecule has 1 fully saturated rings. The Morgan fingerprint density at radius 1 is 1.33 bits per heavy atom.